The molecule has 10 heteroatoms. The maximum atomic E-state index is 14.1. The first-order chi connectivity index (χ1) is 17.0. The zero-order valence-electron chi connectivity index (χ0n) is 20.2. The van der Waals surface area contributed by atoms with Gasteiger partial charge >= 0.3 is 6.18 Å². The number of nitrogens with one attached hydrogen (secondary N) is 1. The second-order valence-corrected chi connectivity index (χ2v) is 9.50. The van der Waals surface area contributed by atoms with Crippen LogP contribution >= 0.6 is 0 Å². The third-order valence-electron chi connectivity index (χ3n) is 6.70. The minimum absolute atomic E-state index is 0.0738. The van der Waals surface area contributed by atoms with Gasteiger partial charge in [-0.15, -0.1) is 0 Å². The number of methoxy groups -OCH3 is 1. The van der Waals surface area contributed by atoms with Crippen molar-refractivity contribution < 1.29 is 23.0 Å². The van der Waals surface area contributed by atoms with Crippen LogP contribution in [0.2, 0.25) is 0 Å². The number of alkyl halides is 3. The van der Waals surface area contributed by atoms with Gasteiger partial charge in [0.25, 0.3) is 5.56 Å². The molecule has 2 aliphatic rings. The van der Waals surface area contributed by atoms with Crippen LogP contribution in [0.25, 0.3) is 16.9 Å². The second-order valence-electron chi connectivity index (χ2n) is 9.50. The van der Waals surface area contributed by atoms with Gasteiger partial charge in [-0.25, -0.2) is 0 Å². The van der Waals surface area contributed by atoms with Crippen LogP contribution in [0.3, 0.4) is 0 Å². The van der Waals surface area contributed by atoms with E-state index in [2.05, 4.69) is 10.4 Å². The number of halogens is 3. The normalized spacial score (nSPS) is 19.4. The van der Waals surface area contributed by atoms with E-state index in [9.17, 15) is 23.1 Å². The van der Waals surface area contributed by atoms with Gasteiger partial charge in [0.1, 0.15) is 11.4 Å². The zero-order chi connectivity index (χ0) is 25.8. The molecule has 1 unspecified atom stereocenters. The Labute approximate surface area is 206 Å². The first kappa shape index (κ1) is 24.2. The monoisotopic (exact) mass is 500 g/mol. The van der Waals surface area contributed by atoms with Crippen molar-refractivity contribution in [2.45, 2.75) is 45.0 Å². The van der Waals surface area contributed by atoms with Crippen molar-refractivity contribution in [1.29, 1.82) is 0 Å². The van der Waals surface area contributed by atoms with Crippen molar-refractivity contribution in [2.24, 2.45) is 0 Å². The minimum Gasteiger partial charge on any atom is -0.497 e. The second kappa shape index (κ2) is 8.85. The first-order valence-electron chi connectivity index (χ1n) is 11.8. The third kappa shape index (κ3) is 4.30. The van der Waals surface area contributed by atoms with Gasteiger partial charge in [-0.3, -0.25) is 4.79 Å². The molecule has 2 atom stereocenters. The molecule has 0 bridgehead atoms. The predicted octanol–water partition coefficient (Wildman–Crippen LogP) is 4.16. The van der Waals surface area contributed by atoms with E-state index >= 15 is 0 Å². The molecular weight excluding hydrogens is 473 g/mol. The summed E-state index contributed by atoms with van der Waals surface area (Å²) in [6.07, 6.45) is -4.22. The van der Waals surface area contributed by atoms with Crippen molar-refractivity contribution >= 4 is 11.4 Å². The molecule has 5 rings (SSSR count). The standard InChI is InChI=1S/C26H27F3N4O3/c1-14-8-16(11-19(9-14)36-3)23-20-10-15(2)30-24(20)25(35)33(31-23)22-12-17(32-7-6-18(34)13-32)4-5-21(22)26(27,28)29/h4-5,8-9,11-12,15,18,30,34H,6-7,10,13H2,1-3H3/t15?,18-/m0/s1. The number of aromatic nitrogens is 2. The molecule has 7 nitrogen and oxygen atoms in total. The number of nitrogens with zero attached hydrogens (tertiary/aromatic N) is 3. The van der Waals surface area contributed by atoms with Crippen LogP contribution in [0.5, 0.6) is 5.75 Å². The van der Waals surface area contributed by atoms with Crippen molar-refractivity contribution in [3.8, 4) is 22.7 Å². The van der Waals surface area contributed by atoms with E-state index in [0.717, 1.165) is 16.3 Å². The lowest BCUT2D eigenvalue weighted by Crippen LogP contribution is -2.28. The molecule has 1 aromatic heterocycles. The first-order valence-corrected chi connectivity index (χ1v) is 11.8. The van der Waals surface area contributed by atoms with Gasteiger partial charge in [-0.1, -0.05) is 0 Å². The van der Waals surface area contributed by atoms with Gasteiger partial charge < -0.3 is 20.1 Å². The molecule has 1 fully saturated rings. The summed E-state index contributed by atoms with van der Waals surface area (Å²) in [6, 6.07) is 9.08. The highest BCUT2D eigenvalue weighted by molar-refractivity contribution is 5.74. The SMILES string of the molecule is COc1cc(C)cc(-c2nn(-c3cc(N4CC[C@H](O)C4)ccc3C(F)(F)F)c(=O)c3c2CC(C)N3)c1. The lowest BCUT2D eigenvalue weighted by Gasteiger charge is -2.22. The van der Waals surface area contributed by atoms with E-state index in [0.29, 0.717) is 54.2 Å². The smallest absolute Gasteiger partial charge is 0.418 e. The van der Waals surface area contributed by atoms with Gasteiger partial charge in [-0.2, -0.15) is 23.0 Å². The summed E-state index contributed by atoms with van der Waals surface area (Å²) in [4.78, 5) is 15.3. The Balaban J connectivity index is 1.76. The van der Waals surface area contributed by atoms with Gasteiger partial charge in [0.15, 0.2) is 0 Å². The van der Waals surface area contributed by atoms with E-state index in [4.69, 9.17) is 4.74 Å². The molecule has 3 aromatic rings. The highest BCUT2D eigenvalue weighted by Gasteiger charge is 2.36. The number of aryl methyl sites for hydroxylation is 1. The van der Waals surface area contributed by atoms with Crippen LogP contribution in [-0.2, 0) is 12.6 Å². The molecule has 36 heavy (non-hydrogen) atoms. The Morgan fingerprint density at radius 1 is 1.19 bits per heavy atom. The largest absolute Gasteiger partial charge is 0.497 e. The maximum absolute atomic E-state index is 14.1. The Morgan fingerprint density at radius 2 is 1.97 bits per heavy atom. The van der Waals surface area contributed by atoms with Gasteiger partial charge in [0.05, 0.1) is 30.2 Å². The fraction of sp³-hybridized carbons (Fsp3) is 0.385. The molecule has 0 aliphatic carbocycles. The topological polar surface area (TPSA) is 79.6 Å². The van der Waals surface area contributed by atoms with Gasteiger partial charge in [0, 0.05) is 35.9 Å². The highest BCUT2D eigenvalue weighted by Crippen LogP contribution is 2.38. The van der Waals surface area contributed by atoms with E-state index in [1.165, 1.54) is 19.2 Å². The van der Waals surface area contributed by atoms with E-state index in [-0.39, 0.29) is 17.4 Å². The van der Waals surface area contributed by atoms with Crippen molar-refractivity contribution in [2.75, 3.05) is 30.4 Å². The number of aliphatic hydroxyl groups is 1. The number of aliphatic hydroxyl groups excluding tert-OH is 1. The average molecular weight is 501 g/mol. The van der Waals surface area contributed by atoms with Crippen molar-refractivity contribution in [1.82, 2.24) is 9.78 Å². The summed E-state index contributed by atoms with van der Waals surface area (Å²) in [5.41, 5.74) is 1.44. The van der Waals surface area contributed by atoms with Crippen LogP contribution in [0.4, 0.5) is 24.5 Å². The Bertz CT molecular complexity index is 1390. The number of hydrogen-bond acceptors (Lipinski definition) is 6. The number of hydrogen-bond donors (Lipinski definition) is 2. The Kier molecular flexibility index (Phi) is 5.94. The summed E-state index contributed by atoms with van der Waals surface area (Å²) < 4.78 is 48.6. The molecule has 0 saturated carbocycles. The van der Waals surface area contributed by atoms with Gasteiger partial charge in [-0.05, 0) is 68.7 Å². The number of rotatable bonds is 4. The number of benzene rings is 2. The summed E-state index contributed by atoms with van der Waals surface area (Å²) >= 11 is 0. The predicted molar refractivity (Wildman–Crippen MR) is 131 cm³/mol. The number of ether oxygens (including phenoxy) is 1. The van der Waals surface area contributed by atoms with Crippen LogP contribution in [0, 0.1) is 6.92 Å². The summed E-state index contributed by atoms with van der Waals surface area (Å²) in [6.45, 7) is 4.61. The molecule has 2 aromatic carbocycles. The molecule has 0 radical (unpaired) electrons. The van der Waals surface area contributed by atoms with E-state index < -0.39 is 23.4 Å². The summed E-state index contributed by atoms with van der Waals surface area (Å²) in [7, 11) is 1.54. The molecule has 0 amide bonds. The highest BCUT2D eigenvalue weighted by atomic mass is 19.4. The molecule has 1 saturated heterocycles. The zero-order valence-corrected chi connectivity index (χ0v) is 20.2. The van der Waals surface area contributed by atoms with Crippen LogP contribution in [-0.4, -0.2) is 47.2 Å². The number of anilines is 2. The lowest BCUT2D eigenvalue weighted by atomic mass is 10.0. The Morgan fingerprint density at radius 3 is 2.64 bits per heavy atom. The lowest BCUT2D eigenvalue weighted by molar-refractivity contribution is -0.137. The van der Waals surface area contributed by atoms with Crippen LogP contribution in [0.1, 0.15) is 30.0 Å². The molecule has 2 aliphatic heterocycles. The van der Waals surface area contributed by atoms with Crippen molar-refractivity contribution in [3.63, 3.8) is 0 Å². The summed E-state index contributed by atoms with van der Waals surface area (Å²) in [5, 5.41) is 17.6. The maximum Gasteiger partial charge on any atom is 0.418 e. The molecule has 0 spiro atoms. The minimum atomic E-state index is -4.70. The summed E-state index contributed by atoms with van der Waals surface area (Å²) in [5.74, 6) is 0.586. The van der Waals surface area contributed by atoms with Gasteiger partial charge in [0.2, 0.25) is 0 Å². The van der Waals surface area contributed by atoms with E-state index in [1.807, 2.05) is 26.0 Å². The molecule has 190 valence electrons. The van der Waals surface area contributed by atoms with Crippen LogP contribution < -0.4 is 20.5 Å². The van der Waals surface area contributed by atoms with E-state index in [1.54, 1.807) is 11.0 Å². The van der Waals surface area contributed by atoms with Crippen LogP contribution in [0.15, 0.2) is 41.2 Å². The average Bonchev–Trinajstić information content (AvgIpc) is 3.43. The van der Waals surface area contributed by atoms with Crippen molar-refractivity contribution in [3.05, 3.63) is 63.4 Å². The molecule has 3 heterocycles. The molecule has 2 N–H and O–H groups in total. The fourth-order valence-corrected chi connectivity index (χ4v) is 5.02. The Hall–Kier alpha value is -3.53. The third-order valence-corrected chi connectivity index (χ3v) is 6.70. The number of fused-ring (bicyclic) bond motifs is 1. The fourth-order valence-electron chi connectivity index (χ4n) is 5.02. The quantitative estimate of drug-likeness (QED) is 0.560. The molecular formula is C26H27F3N4O3. The number of β-amino-alcohol motifs (C(OH)–C–C–N with tert-alkyl or cyclic N) is 1.